The molecule has 0 aliphatic carbocycles. The molecule has 0 spiro atoms. The van der Waals surface area contributed by atoms with Crippen LogP contribution in [0.4, 0.5) is 0 Å². The summed E-state index contributed by atoms with van der Waals surface area (Å²) < 4.78 is 13.9. The van der Waals surface area contributed by atoms with Gasteiger partial charge in [0, 0.05) is 83.5 Å². The Morgan fingerprint density at radius 3 is 1.73 bits per heavy atom. The van der Waals surface area contributed by atoms with Crippen LogP contribution in [0.2, 0.25) is 0 Å². The van der Waals surface area contributed by atoms with Crippen molar-refractivity contribution >= 4 is 20.3 Å². The first kappa shape index (κ1) is 35.9. The van der Waals surface area contributed by atoms with Crippen molar-refractivity contribution in [2.45, 2.75) is 45.7 Å². The third-order valence-electron chi connectivity index (χ3n) is 3.08. The Morgan fingerprint density at radius 2 is 1.57 bits per heavy atom. The summed E-state index contributed by atoms with van der Waals surface area (Å²) in [6.07, 6.45) is -0.0385. The number of aliphatic hydroxyl groups excluding tert-OH is 2. The van der Waals surface area contributed by atoms with Crippen LogP contribution >= 0.6 is 0 Å². The molecule has 0 fully saturated rings. The van der Waals surface area contributed by atoms with Crippen LogP contribution in [-0.2, 0) is 19.1 Å². The molecule has 1 unspecified atom stereocenters. The summed E-state index contributed by atoms with van der Waals surface area (Å²) in [5, 5.41) is 37.1. The van der Waals surface area contributed by atoms with E-state index in [0.29, 0.717) is 0 Å². The number of ether oxygens (including phenoxy) is 2. The minimum Gasteiger partial charge on any atom is -0.469 e. The Kier molecular flexibility index (Phi) is 24.9. The number of methoxy groups -OCH3 is 2. The van der Waals surface area contributed by atoms with E-state index in [4.69, 9.17) is 11.5 Å². The molecule has 0 saturated heterocycles. The zero-order valence-electron chi connectivity index (χ0n) is 19.1. The maximum atomic E-state index is 11.0. The predicted molar refractivity (Wildman–Crippen MR) is 106 cm³/mol. The van der Waals surface area contributed by atoms with Crippen LogP contribution in [0.15, 0.2) is 12.2 Å². The average Bonchev–Trinajstić information content (AvgIpc) is 2.72. The molecule has 14 heteroatoms. The van der Waals surface area contributed by atoms with E-state index in [2.05, 4.69) is 24.4 Å². The molecule has 1 atom stereocenters. The molecule has 0 rings (SSSR count). The molecule has 0 heterocycles. The van der Waals surface area contributed by atoms with Gasteiger partial charge >= 0.3 is 11.9 Å². The first-order valence-corrected chi connectivity index (χ1v) is 8.05. The van der Waals surface area contributed by atoms with Crippen molar-refractivity contribution in [3.05, 3.63) is 32.4 Å². The molecule has 0 aliphatic rings. The molecule has 0 aromatic rings. The Labute approximate surface area is 203 Å². The van der Waals surface area contributed by atoms with Crippen LogP contribution in [0.25, 0.3) is 0 Å². The number of rotatable bonds is 8. The van der Waals surface area contributed by atoms with Gasteiger partial charge in [-0.1, -0.05) is 6.58 Å². The number of nitrogens with zero attached hydrogens (tertiary/aromatic N) is 2. The monoisotopic (exact) mass is 661 g/mol. The van der Waals surface area contributed by atoms with E-state index in [0.717, 1.165) is 0 Å². The quantitative estimate of drug-likeness (QED) is 0.118. The van der Waals surface area contributed by atoms with Crippen LogP contribution in [0.3, 0.4) is 0 Å². The van der Waals surface area contributed by atoms with Gasteiger partial charge in [0.25, 0.3) is 0 Å². The molecule has 0 amide bonds. The summed E-state index contributed by atoms with van der Waals surface area (Å²) in [6.45, 7) is 8.32. The van der Waals surface area contributed by atoms with Gasteiger partial charge in [0.15, 0.2) is 0 Å². The van der Waals surface area contributed by atoms with Crippen LogP contribution < -0.4 is 0 Å². The second-order valence-electron chi connectivity index (χ2n) is 6.31. The second-order valence-corrected chi connectivity index (χ2v) is 6.31. The van der Waals surface area contributed by atoms with Crippen molar-refractivity contribution in [1.82, 2.24) is 0 Å². The fourth-order valence-corrected chi connectivity index (χ4v) is 1.28. The second kappa shape index (κ2) is 20.8. The molecule has 2 radical (unpaired) electrons. The molecule has 12 nitrogen and oxygen atoms in total. The van der Waals surface area contributed by atoms with E-state index in [9.17, 15) is 29.8 Å². The van der Waals surface area contributed by atoms with Crippen LogP contribution in [0.1, 0.15) is 34.1 Å². The number of nitro groups is 2. The van der Waals surface area contributed by atoms with Gasteiger partial charge in [-0.25, -0.2) is 4.79 Å². The SMILES string of the molecule is C=C(CO)C(=O)OC.CC(C)[N+](=O)[O-].COC(=O)C(CO)CC(C)(C)[N+](=O)[O-].[2H][B].[U]. The van der Waals surface area contributed by atoms with Gasteiger partial charge in [-0.3, -0.25) is 25.0 Å². The Morgan fingerprint density at radius 1 is 1.17 bits per heavy atom. The summed E-state index contributed by atoms with van der Waals surface area (Å²) in [5.41, 5.74) is -1.16. The smallest absolute Gasteiger partial charge is 0.335 e. The fourth-order valence-electron chi connectivity index (χ4n) is 1.28. The minimum absolute atomic E-state index is 0. The van der Waals surface area contributed by atoms with Crippen molar-refractivity contribution in [2.75, 3.05) is 27.4 Å². The first-order valence-electron chi connectivity index (χ1n) is 8.63. The summed E-state index contributed by atoms with van der Waals surface area (Å²) in [4.78, 5) is 40.6. The maximum absolute atomic E-state index is 11.0. The van der Waals surface area contributed by atoms with Crippen LogP contribution in [0, 0.1) is 57.3 Å². The van der Waals surface area contributed by atoms with Gasteiger partial charge in [-0.05, 0) is 1.34 Å². The van der Waals surface area contributed by atoms with Crippen molar-refractivity contribution in [1.29, 1.82) is 1.34 Å². The van der Waals surface area contributed by atoms with Crippen molar-refractivity contribution in [3.8, 4) is 0 Å². The standard InChI is InChI=1S/C8H15NO5.C5H8O3.C3H7NO2.BH.U/c1-8(2,9(12)13)4-6(5-10)7(11)14-3;1-4(3-6)5(7)8-2;1-3(2)4(5)6;;/h6,10H,4-5H2,1-3H3;6H,1,3H2,2H3;3H,1-2H3;1H;/i;;;1D;. The van der Waals surface area contributed by atoms with E-state index in [-0.39, 0.29) is 54.6 Å². The first-order chi connectivity index (χ1) is 13.7. The van der Waals surface area contributed by atoms with Crippen molar-refractivity contribution < 1.29 is 70.2 Å². The molecule has 172 valence electrons. The molecular weight excluding hydrogens is 629 g/mol. The number of aliphatic hydroxyl groups is 2. The molecule has 0 aromatic heterocycles. The van der Waals surface area contributed by atoms with Gasteiger partial charge in [-0.2, -0.15) is 0 Å². The molecule has 30 heavy (non-hydrogen) atoms. The number of carbonyl (C=O) groups is 2. The molecule has 0 aliphatic heterocycles. The van der Waals surface area contributed by atoms with E-state index in [1.807, 2.05) is 0 Å². The number of hydrogen-bond acceptors (Lipinski definition) is 10. The maximum Gasteiger partial charge on any atom is 0.335 e. The van der Waals surface area contributed by atoms with Gasteiger partial charge in [-0.15, -0.1) is 0 Å². The molecule has 2 N–H and O–H groups in total. The topological polar surface area (TPSA) is 179 Å². The molecule has 0 saturated carbocycles. The summed E-state index contributed by atoms with van der Waals surface area (Å²) in [7, 11) is 6.17. The zero-order valence-corrected chi connectivity index (χ0v) is 22.3. The number of carbonyl (C=O) groups excluding carboxylic acids is 2. The Balaban J connectivity index is -0.000000113. The van der Waals surface area contributed by atoms with E-state index in [1.165, 1.54) is 28.1 Å². The third-order valence-corrected chi connectivity index (χ3v) is 3.08. The van der Waals surface area contributed by atoms with E-state index >= 15 is 0 Å². The van der Waals surface area contributed by atoms with E-state index < -0.39 is 41.0 Å². The summed E-state index contributed by atoms with van der Waals surface area (Å²) in [6, 6.07) is -0.426. The van der Waals surface area contributed by atoms with Crippen LogP contribution in [0.5, 0.6) is 0 Å². The Hall–Kier alpha value is -1.48. The number of hydrogen-bond donors (Lipinski definition) is 2. The molecule has 0 bridgehead atoms. The van der Waals surface area contributed by atoms with E-state index in [1.54, 1.807) is 13.8 Å². The van der Waals surface area contributed by atoms with Gasteiger partial charge in [0.05, 0.1) is 38.9 Å². The molecule has 0 aromatic carbocycles. The fraction of sp³-hybridized carbons (Fsp3) is 0.750. The van der Waals surface area contributed by atoms with Crippen LogP contribution in [-0.4, -0.2) is 80.7 Å². The summed E-state index contributed by atoms with van der Waals surface area (Å²) >= 11 is 0. The summed E-state index contributed by atoms with van der Waals surface area (Å²) in [5.74, 6) is -2.02. The third kappa shape index (κ3) is 19.8. The largest absolute Gasteiger partial charge is 0.469 e. The molecular formula is C16H31BN2O10U. The normalized spacial score (nSPS) is 10.5. The Bertz CT molecular complexity index is 536. The average molecular weight is 661 g/mol. The minimum atomic E-state index is -1.23. The predicted octanol–water partition coefficient (Wildman–Crippen LogP) is -0.0558. The van der Waals surface area contributed by atoms with Gasteiger partial charge in [0.2, 0.25) is 11.6 Å². The number of esters is 2. The van der Waals surface area contributed by atoms with Gasteiger partial charge < -0.3 is 19.7 Å². The van der Waals surface area contributed by atoms with Crippen molar-refractivity contribution in [3.63, 3.8) is 0 Å². The van der Waals surface area contributed by atoms with Gasteiger partial charge in [0.1, 0.15) is 0 Å². The van der Waals surface area contributed by atoms with Crippen molar-refractivity contribution in [2.24, 2.45) is 5.92 Å². The zero-order chi connectivity index (χ0) is 25.1.